The third-order valence-electron chi connectivity index (χ3n) is 2.50. The molecule has 0 fully saturated rings. The van der Waals surface area contributed by atoms with E-state index in [1.54, 1.807) is 0 Å². The molecule has 17 heavy (non-hydrogen) atoms. The smallest absolute Gasteiger partial charge is 0.306 e. The van der Waals surface area contributed by atoms with Crippen molar-refractivity contribution in [3.63, 3.8) is 0 Å². The Morgan fingerprint density at radius 1 is 1.24 bits per heavy atom. The lowest BCUT2D eigenvalue weighted by molar-refractivity contribution is -0.145. The van der Waals surface area contributed by atoms with Gasteiger partial charge in [0.15, 0.2) is 0 Å². The highest BCUT2D eigenvalue weighted by molar-refractivity contribution is 5.69. The summed E-state index contributed by atoms with van der Waals surface area (Å²) in [5, 5.41) is 0. The second-order valence-electron chi connectivity index (χ2n) is 4.02. The summed E-state index contributed by atoms with van der Waals surface area (Å²) in [7, 11) is 0. The Morgan fingerprint density at radius 3 is 2.59 bits per heavy atom. The molecule has 0 radical (unpaired) electrons. The van der Waals surface area contributed by atoms with Gasteiger partial charge in [-0.3, -0.25) is 4.79 Å². The van der Waals surface area contributed by atoms with Crippen LogP contribution in [0.3, 0.4) is 0 Å². The number of rotatable bonds is 7. The Kier molecular flexibility index (Phi) is 6.29. The van der Waals surface area contributed by atoms with Crippen LogP contribution in [0.1, 0.15) is 24.8 Å². The van der Waals surface area contributed by atoms with Crippen LogP contribution < -0.4 is 11.5 Å². The van der Waals surface area contributed by atoms with Gasteiger partial charge in [0.2, 0.25) is 0 Å². The predicted molar refractivity (Wildman–Crippen MR) is 67.1 cm³/mol. The number of ether oxygens (including phenoxy) is 1. The van der Waals surface area contributed by atoms with Gasteiger partial charge in [-0.1, -0.05) is 30.3 Å². The highest BCUT2D eigenvalue weighted by Crippen LogP contribution is 2.04. The molecule has 4 N–H and O–H groups in total. The third-order valence-corrected chi connectivity index (χ3v) is 2.50. The molecule has 0 bridgehead atoms. The molecule has 0 saturated heterocycles. The summed E-state index contributed by atoms with van der Waals surface area (Å²) in [5.74, 6) is -0.207. The van der Waals surface area contributed by atoms with Gasteiger partial charge in [-0.05, 0) is 24.9 Å². The zero-order valence-corrected chi connectivity index (χ0v) is 9.97. The summed E-state index contributed by atoms with van der Waals surface area (Å²) in [4.78, 5) is 11.4. The average Bonchev–Trinajstić information content (AvgIpc) is 2.35. The van der Waals surface area contributed by atoms with Crippen molar-refractivity contribution < 1.29 is 9.53 Å². The minimum Gasteiger partial charge on any atom is -0.461 e. The van der Waals surface area contributed by atoms with Crippen LogP contribution in [0.5, 0.6) is 0 Å². The van der Waals surface area contributed by atoms with E-state index in [4.69, 9.17) is 16.2 Å². The predicted octanol–water partition coefficient (Wildman–Crippen LogP) is 1.19. The zero-order chi connectivity index (χ0) is 12.5. The van der Waals surface area contributed by atoms with Gasteiger partial charge in [0.1, 0.15) is 6.61 Å². The van der Waals surface area contributed by atoms with Crippen molar-refractivity contribution in [2.75, 3.05) is 6.54 Å². The largest absolute Gasteiger partial charge is 0.461 e. The van der Waals surface area contributed by atoms with E-state index in [0.717, 1.165) is 12.0 Å². The second-order valence-corrected chi connectivity index (χ2v) is 4.02. The van der Waals surface area contributed by atoms with E-state index in [-0.39, 0.29) is 12.0 Å². The molecule has 4 nitrogen and oxygen atoms in total. The Balaban J connectivity index is 2.17. The van der Waals surface area contributed by atoms with Gasteiger partial charge in [-0.2, -0.15) is 0 Å². The molecule has 1 rings (SSSR count). The number of nitrogens with two attached hydrogens (primary N) is 2. The number of hydrogen-bond acceptors (Lipinski definition) is 4. The Hall–Kier alpha value is -1.39. The maximum atomic E-state index is 11.4. The quantitative estimate of drug-likeness (QED) is 0.697. The van der Waals surface area contributed by atoms with Crippen molar-refractivity contribution in [3.05, 3.63) is 35.9 Å². The van der Waals surface area contributed by atoms with Crippen molar-refractivity contribution in [3.8, 4) is 0 Å². The van der Waals surface area contributed by atoms with Gasteiger partial charge in [-0.15, -0.1) is 0 Å². The molecular weight excluding hydrogens is 216 g/mol. The minimum atomic E-state index is -0.207. The van der Waals surface area contributed by atoms with Crippen LogP contribution in [0, 0.1) is 0 Å². The Morgan fingerprint density at radius 2 is 1.94 bits per heavy atom. The summed E-state index contributed by atoms with van der Waals surface area (Å²) in [5.41, 5.74) is 12.1. The van der Waals surface area contributed by atoms with Crippen LogP contribution in [-0.4, -0.2) is 18.6 Å². The fraction of sp³-hybridized carbons (Fsp3) is 0.462. The summed E-state index contributed by atoms with van der Waals surface area (Å²) in [6.45, 7) is 0.881. The van der Waals surface area contributed by atoms with Crippen LogP contribution in [0.2, 0.25) is 0 Å². The minimum absolute atomic E-state index is 0.00993. The first-order valence-corrected chi connectivity index (χ1v) is 5.87. The normalized spacial score (nSPS) is 12.1. The maximum absolute atomic E-state index is 11.4. The first kappa shape index (κ1) is 13.7. The summed E-state index contributed by atoms with van der Waals surface area (Å²) in [6, 6.07) is 9.60. The fourth-order valence-corrected chi connectivity index (χ4v) is 1.47. The Labute approximate surface area is 102 Å². The van der Waals surface area contributed by atoms with Crippen molar-refractivity contribution in [2.45, 2.75) is 31.9 Å². The lowest BCUT2D eigenvalue weighted by atomic mass is 10.1. The highest BCUT2D eigenvalue weighted by Gasteiger charge is 2.07. The van der Waals surface area contributed by atoms with Gasteiger partial charge >= 0.3 is 5.97 Å². The molecule has 0 aliphatic heterocycles. The number of esters is 1. The topological polar surface area (TPSA) is 78.3 Å². The zero-order valence-electron chi connectivity index (χ0n) is 9.97. The number of carbonyl (C=O) groups is 1. The van der Waals surface area contributed by atoms with Crippen molar-refractivity contribution in [1.82, 2.24) is 0 Å². The van der Waals surface area contributed by atoms with E-state index >= 15 is 0 Å². The summed E-state index contributed by atoms with van der Waals surface area (Å²) < 4.78 is 5.13. The van der Waals surface area contributed by atoms with E-state index in [2.05, 4.69) is 0 Å². The monoisotopic (exact) mass is 236 g/mol. The molecule has 1 aromatic rings. The molecular formula is C13H20N2O2. The first-order chi connectivity index (χ1) is 8.22. The molecule has 1 aromatic carbocycles. The van der Waals surface area contributed by atoms with Crippen LogP contribution in [-0.2, 0) is 16.1 Å². The van der Waals surface area contributed by atoms with Crippen molar-refractivity contribution >= 4 is 5.97 Å². The van der Waals surface area contributed by atoms with Crippen LogP contribution >= 0.6 is 0 Å². The van der Waals surface area contributed by atoms with E-state index in [1.165, 1.54) is 0 Å². The molecule has 4 heteroatoms. The fourth-order valence-electron chi connectivity index (χ4n) is 1.47. The van der Waals surface area contributed by atoms with Crippen LogP contribution in [0.4, 0.5) is 0 Å². The first-order valence-electron chi connectivity index (χ1n) is 5.87. The molecule has 1 atom stereocenters. The standard InChI is InChI=1S/C13H20N2O2/c14-9-8-12(15)6-7-13(16)17-10-11-4-2-1-3-5-11/h1-5,12H,6-10,14-15H2. The van der Waals surface area contributed by atoms with Crippen molar-refractivity contribution in [1.29, 1.82) is 0 Å². The van der Waals surface area contributed by atoms with E-state index in [0.29, 0.717) is 26.0 Å². The number of carbonyl (C=O) groups excluding carboxylic acids is 1. The van der Waals surface area contributed by atoms with E-state index in [1.807, 2.05) is 30.3 Å². The highest BCUT2D eigenvalue weighted by atomic mass is 16.5. The van der Waals surface area contributed by atoms with Crippen molar-refractivity contribution in [2.24, 2.45) is 11.5 Å². The molecule has 0 heterocycles. The lowest BCUT2D eigenvalue weighted by Gasteiger charge is -2.09. The summed E-state index contributed by atoms with van der Waals surface area (Å²) >= 11 is 0. The second kappa shape index (κ2) is 7.81. The lowest BCUT2D eigenvalue weighted by Crippen LogP contribution is -2.24. The van der Waals surface area contributed by atoms with Gasteiger partial charge in [0.25, 0.3) is 0 Å². The summed E-state index contributed by atoms with van der Waals surface area (Å²) in [6.07, 6.45) is 1.73. The molecule has 0 spiro atoms. The van der Waals surface area contributed by atoms with Crippen LogP contribution in [0.15, 0.2) is 30.3 Å². The molecule has 0 amide bonds. The average molecular weight is 236 g/mol. The molecule has 0 aliphatic carbocycles. The molecule has 0 aromatic heterocycles. The molecule has 0 saturated carbocycles. The number of hydrogen-bond donors (Lipinski definition) is 2. The van der Waals surface area contributed by atoms with Gasteiger partial charge < -0.3 is 16.2 Å². The molecule has 1 unspecified atom stereocenters. The molecule has 0 aliphatic rings. The maximum Gasteiger partial charge on any atom is 0.306 e. The van der Waals surface area contributed by atoms with Gasteiger partial charge in [0.05, 0.1) is 0 Å². The van der Waals surface area contributed by atoms with E-state index < -0.39 is 0 Å². The third kappa shape index (κ3) is 6.04. The Bertz CT molecular complexity index is 327. The number of benzene rings is 1. The van der Waals surface area contributed by atoms with Gasteiger partial charge in [-0.25, -0.2) is 0 Å². The SMILES string of the molecule is NCCC(N)CCC(=O)OCc1ccccc1. The van der Waals surface area contributed by atoms with Crippen LogP contribution in [0.25, 0.3) is 0 Å². The molecule has 94 valence electrons. The van der Waals surface area contributed by atoms with Gasteiger partial charge in [0, 0.05) is 12.5 Å². The van der Waals surface area contributed by atoms with E-state index in [9.17, 15) is 4.79 Å².